The number of hydrogen-bond acceptors (Lipinski definition) is 4. The van der Waals surface area contributed by atoms with E-state index in [-0.39, 0.29) is 6.03 Å². The van der Waals surface area contributed by atoms with Crippen LogP contribution in [0, 0.1) is 6.92 Å². The Hall–Kier alpha value is -2.34. The number of benzene rings is 1. The molecule has 1 N–H and O–H groups in total. The minimum atomic E-state index is 0.0632. The highest BCUT2D eigenvalue weighted by Gasteiger charge is 2.24. The zero-order chi connectivity index (χ0) is 18.6. The molecule has 6 heteroatoms. The maximum Gasteiger partial charge on any atom is 0.317 e. The highest BCUT2D eigenvalue weighted by Crippen LogP contribution is 2.30. The summed E-state index contributed by atoms with van der Waals surface area (Å²) in [6.07, 6.45) is 3.52. The third kappa shape index (κ3) is 4.33. The van der Waals surface area contributed by atoms with Crippen molar-refractivity contribution in [2.45, 2.75) is 38.6 Å². The zero-order valence-corrected chi connectivity index (χ0v) is 16.0. The van der Waals surface area contributed by atoms with Crippen molar-refractivity contribution in [1.82, 2.24) is 20.3 Å². The molecule has 144 valence electrons. The SMILES string of the molecule is Cc1cc(CN2CCN(C(=O)NCC3CCCc4ccccc43)CC2)on1. The number of nitrogens with zero attached hydrogens (tertiary/aromatic N) is 3. The van der Waals surface area contributed by atoms with E-state index in [1.165, 1.54) is 17.5 Å². The average molecular weight is 368 g/mol. The van der Waals surface area contributed by atoms with Gasteiger partial charge >= 0.3 is 6.03 Å². The average Bonchev–Trinajstić information content (AvgIpc) is 3.11. The fourth-order valence-electron chi connectivity index (χ4n) is 4.21. The van der Waals surface area contributed by atoms with Gasteiger partial charge < -0.3 is 14.7 Å². The second kappa shape index (κ2) is 8.13. The summed E-state index contributed by atoms with van der Waals surface area (Å²) in [5.74, 6) is 1.33. The monoisotopic (exact) mass is 368 g/mol. The van der Waals surface area contributed by atoms with Crippen LogP contribution in [0.5, 0.6) is 0 Å². The van der Waals surface area contributed by atoms with Gasteiger partial charge in [0.15, 0.2) is 5.76 Å². The Morgan fingerprint density at radius 2 is 2.07 bits per heavy atom. The summed E-state index contributed by atoms with van der Waals surface area (Å²) in [5.41, 5.74) is 3.77. The normalized spacial score (nSPS) is 20.3. The number of aromatic nitrogens is 1. The van der Waals surface area contributed by atoms with Crippen LogP contribution in [0.3, 0.4) is 0 Å². The largest absolute Gasteiger partial charge is 0.360 e. The summed E-state index contributed by atoms with van der Waals surface area (Å²) in [6.45, 7) is 6.64. The molecule has 2 aliphatic rings. The number of carbonyl (C=O) groups is 1. The molecule has 27 heavy (non-hydrogen) atoms. The molecule has 1 aromatic carbocycles. The first-order valence-corrected chi connectivity index (χ1v) is 9.94. The lowest BCUT2D eigenvalue weighted by atomic mass is 9.83. The molecular formula is C21H28N4O2. The van der Waals surface area contributed by atoms with Crippen molar-refractivity contribution in [2.24, 2.45) is 0 Å². The number of piperazine rings is 1. The first kappa shape index (κ1) is 18.0. The smallest absolute Gasteiger partial charge is 0.317 e. The maximum absolute atomic E-state index is 12.6. The third-order valence-electron chi connectivity index (χ3n) is 5.71. The first-order valence-electron chi connectivity index (χ1n) is 9.94. The predicted molar refractivity (Wildman–Crippen MR) is 104 cm³/mol. The Morgan fingerprint density at radius 1 is 1.26 bits per heavy atom. The molecule has 1 fully saturated rings. The number of aryl methyl sites for hydroxylation is 2. The highest BCUT2D eigenvalue weighted by molar-refractivity contribution is 5.74. The van der Waals surface area contributed by atoms with Gasteiger partial charge in [-0.1, -0.05) is 29.4 Å². The van der Waals surface area contributed by atoms with Crippen LogP contribution >= 0.6 is 0 Å². The number of nitrogens with one attached hydrogen (secondary N) is 1. The van der Waals surface area contributed by atoms with Gasteiger partial charge in [-0.15, -0.1) is 0 Å². The van der Waals surface area contributed by atoms with Crippen molar-refractivity contribution in [3.63, 3.8) is 0 Å². The molecule has 1 aliphatic carbocycles. The van der Waals surface area contributed by atoms with E-state index in [4.69, 9.17) is 4.52 Å². The van der Waals surface area contributed by atoms with Gasteiger partial charge in [0.2, 0.25) is 0 Å². The van der Waals surface area contributed by atoms with Gasteiger partial charge in [0, 0.05) is 44.7 Å². The summed E-state index contributed by atoms with van der Waals surface area (Å²) in [5, 5.41) is 7.10. The summed E-state index contributed by atoms with van der Waals surface area (Å²) in [7, 11) is 0. The molecular weight excluding hydrogens is 340 g/mol. The Labute approximate surface area is 160 Å². The Balaban J connectivity index is 1.24. The molecule has 1 aromatic heterocycles. The lowest BCUT2D eigenvalue weighted by molar-refractivity contribution is 0.127. The van der Waals surface area contributed by atoms with Gasteiger partial charge in [0.05, 0.1) is 12.2 Å². The van der Waals surface area contributed by atoms with Crippen molar-refractivity contribution in [3.8, 4) is 0 Å². The Kier molecular flexibility index (Phi) is 5.43. The van der Waals surface area contributed by atoms with E-state index >= 15 is 0 Å². The number of hydrogen-bond donors (Lipinski definition) is 1. The van der Waals surface area contributed by atoms with Crippen molar-refractivity contribution in [1.29, 1.82) is 0 Å². The van der Waals surface area contributed by atoms with Gasteiger partial charge in [0.1, 0.15) is 0 Å². The van der Waals surface area contributed by atoms with Crippen molar-refractivity contribution in [3.05, 3.63) is 52.9 Å². The number of carbonyl (C=O) groups excluding carboxylic acids is 1. The molecule has 0 spiro atoms. The Morgan fingerprint density at radius 3 is 2.85 bits per heavy atom. The summed E-state index contributed by atoms with van der Waals surface area (Å²) >= 11 is 0. The quantitative estimate of drug-likeness (QED) is 0.901. The van der Waals surface area contributed by atoms with Crippen LogP contribution in [-0.4, -0.2) is 53.7 Å². The summed E-state index contributed by atoms with van der Waals surface area (Å²) < 4.78 is 5.29. The van der Waals surface area contributed by atoms with Crippen LogP contribution in [0.25, 0.3) is 0 Å². The van der Waals surface area contributed by atoms with Crippen molar-refractivity contribution < 1.29 is 9.32 Å². The molecule has 2 aromatic rings. The lowest BCUT2D eigenvalue weighted by Crippen LogP contribution is -2.51. The minimum absolute atomic E-state index is 0.0632. The fourth-order valence-corrected chi connectivity index (χ4v) is 4.21. The van der Waals surface area contributed by atoms with Gasteiger partial charge in [-0.3, -0.25) is 4.90 Å². The number of fused-ring (bicyclic) bond motifs is 1. The van der Waals surface area contributed by atoms with Crippen LogP contribution in [0.1, 0.15) is 41.3 Å². The molecule has 0 radical (unpaired) electrons. The fraction of sp³-hybridized carbons (Fsp3) is 0.524. The molecule has 2 amide bonds. The molecule has 0 saturated carbocycles. The highest BCUT2D eigenvalue weighted by atomic mass is 16.5. The van der Waals surface area contributed by atoms with E-state index in [1.807, 2.05) is 17.9 Å². The Bertz CT molecular complexity index is 780. The standard InChI is InChI=1S/C21H28N4O2/c1-16-13-19(27-23-16)15-24-9-11-25(12-10-24)21(26)22-14-18-7-4-6-17-5-2-3-8-20(17)18/h2-3,5,8,13,18H,4,6-7,9-12,14-15H2,1H3,(H,22,26). The van der Waals surface area contributed by atoms with Crippen LogP contribution in [-0.2, 0) is 13.0 Å². The van der Waals surface area contributed by atoms with E-state index in [2.05, 4.69) is 39.6 Å². The third-order valence-corrected chi connectivity index (χ3v) is 5.71. The summed E-state index contributed by atoms with van der Waals surface area (Å²) in [4.78, 5) is 16.8. The molecule has 1 saturated heterocycles. The van der Waals surface area contributed by atoms with Gasteiger partial charge in [0.25, 0.3) is 0 Å². The van der Waals surface area contributed by atoms with Crippen LogP contribution < -0.4 is 5.32 Å². The predicted octanol–water partition coefficient (Wildman–Crippen LogP) is 2.93. The van der Waals surface area contributed by atoms with Gasteiger partial charge in [-0.25, -0.2) is 4.79 Å². The van der Waals surface area contributed by atoms with E-state index in [0.29, 0.717) is 5.92 Å². The van der Waals surface area contributed by atoms with Crippen molar-refractivity contribution >= 4 is 6.03 Å². The molecule has 4 rings (SSSR count). The van der Waals surface area contributed by atoms with Crippen LogP contribution in [0.2, 0.25) is 0 Å². The van der Waals surface area contributed by atoms with E-state index in [1.54, 1.807) is 0 Å². The molecule has 1 unspecified atom stereocenters. The molecule has 6 nitrogen and oxygen atoms in total. The van der Waals surface area contributed by atoms with Gasteiger partial charge in [-0.05, 0) is 37.3 Å². The molecule has 2 heterocycles. The van der Waals surface area contributed by atoms with Crippen LogP contribution in [0.4, 0.5) is 4.79 Å². The van der Waals surface area contributed by atoms with E-state index in [0.717, 1.165) is 63.6 Å². The molecule has 0 bridgehead atoms. The topological polar surface area (TPSA) is 61.6 Å². The van der Waals surface area contributed by atoms with E-state index in [9.17, 15) is 4.79 Å². The number of urea groups is 1. The first-order chi connectivity index (χ1) is 13.2. The number of rotatable bonds is 4. The number of amides is 2. The second-order valence-electron chi connectivity index (χ2n) is 7.67. The summed E-state index contributed by atoms with van der Waals surface area (Å²) in [6, 6.07) is 10.7. The maximum atomic E-state index is 12.6. The van der Waals surface area contributed by atoms with Crippen molar-refractivity contribution in [2.75, 3.05) is 32.7 Å². The lowest BCUT2D eigenvalue weighted by Gasteiger charge is -2.34. The molecule has 1 atom stereocenters. The van der Waals surface area contributed by atoms with E-state index < -0.39 is 0 Å². The minimum Gasteiger partial charge on any atom is -0.360 e. The van der Waals surface area contributed by atoms with Gasteiger partial charge in [-0.2, -0.15) is 0 Å². The zero-order valence-electron chi connectivity index (χ0n) is 16.0. The second-order valence-corrected chi connectivity index (χ2v) is 7.67. The molecule has 1 aliphatic heterocycles. The van der Waals surface area contributed by atoms with Crippen LogP contribution in [0.15, 0.2) is 34.9 Å².